The molecule has 156 valence electrons. The third kappa shape index (κ3) is 5.31. The average Bonchev–Trinajstić information content (AvgIpc) is 3.11. The maximum atomic E-state index is 12.6. The molecule has 0 saturated carbocycles. The smallest absolute Gasteiger partial charge is 0.329 e. The van der Waals surface area contributed by atoms with E-state index in [1.807, 2.05) is 24.3 Å². The summed E-state index contributed by atoms with van der Waals surface area (Å²) in [6, 6.07) is 11.4. The van der Waals surface area contributed by atoms with E-state index in [9.17, 15) is 14.4 Å². The molecule has 0 aliphatic rings. The van der Waals surface area contributed by atoms with Gasteiger partial charge in [-0.1, -0.05) is 47.5 Å². The molecule has 30 heavy (non-hydrogen) atoms. The average molecular weight is 448 g/mol. The zero-order valence-corrected chi connectivity index (χ0v) is 17.5. The minimum atomic E-state index is -0.946. The molecule has 3 N–H and O–H groups in total. The summed E-state index contributed by atoms with van der Waals surface area (Å²) in [5.74, 6) is -1.72. The third-order valence-electron chi connectivity index (χ3n) is 4.33. The number of amides is 2. The maximum absolute atomic E-state index is 12.6. The van der Waals surface area contributed by atoms with Crippen LogP contribution in [0, 0.1) is 0 Å². The van der Waals surface area contributed by atoms with Gasteiger partial charge in [0, 0.05) is 30.4 Å². The number of esters is 1. The minimum Gasteiger partial charge on any atom is -0.454 e. The molecular weight excluding hydrogens is 429 g/mol. The first-order valence-corrected chi connectivity index (χ1v) is 9.83. The van der Waals surface area contributed by atoms with Crippen molar-refractivity contribution < 1.29 is 19.1 Å². The molecule has 0 bridgehead atoms. The lowest BCUT2D eigenvalue weighted by molar-refractivity contribution is -0.150. The van der Waals surface area contributed by atoms with Crippen molar-refractivity contribution in [1.82, 2.24) is 10.3 Å². The Morgan fingerprint density at radius 3 is 2.47 bits per heavy atom. The number of anilines is 1. The monoisotopic (exact) mass is 447 g/mol. The lowest BCUT2D eigenvalue weighted by Crippen LogP contribution is -2.43. The molecule has 1 atom stereocenters. The molecule has 3 rings (SSSR count). The van der Waals surface area contributed by atoms with Gasteiger partial charge in [0.2, 0.25) is 5.91 Å². The highest BCUT2D eigenvalue weighted by Gasteiger charge is 2.24. The van der Waals surface area contributed by atoms with E-state index in [1.165, 1.54) is 6.92 Å². The Bertz CT molecular complexity index is 1080. The molecule has 0 saturated heterocycles. The van der Waals surface area contributed by atoms with Crippen LogP contribution in [0.4, 0.5) is 5.69 Å². The van der Waals surface area contributed by atoms with Crippen molar-refractivity contribution in [3.05, 3.63) is 64.3 Å². The maximum Gasteiger partial charge on any atom is 0.329 e. The zero-order chi connectivity index (χ0) is 21.7. The fourth-order valence-electron chi connectivity index (χ4n) is 2.99. The molecule has 0 aliphatic carbocycles. The van der Waals surface area contributed by atoms with E-state index < -0.39 is 24.5 Å². The van der Waals surface area contributed by atoms with Crippen LogP contribution in [0.2, 0.25) is 10.0 Å². The Balaban J connectivity index is 1.65. The van der Waals surface area contributed by atoms with Crippen LogP contribution in [-0.2, 0) is 25.5 Å². The van der Waals surface area contributed by atoms with Crippen LogP contribution in [-0.4, -0.2) is 35.4 Å². The lowest BCUT2D eigenvalue weighted by atomic mass is 10.0. The molecule has 1 heterocycles. The predicted octanol–water partition coefficient (Wildman–Crippen LogP) is 3.70. The highest BCUT2D eigenvalue weighted by atomic mass is 35.5. The van der Waals surface area contributed by atoms with Gasteiger partial charge in [0.1, 0.15) is 6.04 Å². The van der Waals surface area contributed by atoms with Gasteiger partial charge < -0.3 is 20.4 Å². The summed E-state index contributed by atoms with van der Waals surface area (Å²) in [4.78, 5) is 39.4. The Labute approximate surface area is 182 Å². The first-order valence-electron chi connectivity index (χ1n) is 9.07. The fraction of sp³-hybridized carbons (Fsp3) is 0.190. The number of carbonyl (C=O) groups is 3. The number of aromatic nitrogens is 1. The molecule has 0 unspecified atom stereocenters. The largest absolute Gasteiger partial charge is 0.454 e. The number of aromatic amines is 1. The number of benzene rings is 2. The van der Waals surface area contributed by atoms with Crippen LogP contribution < -0.4 is 10.6 Å². The van der Waals surface area contributed by atoms with Crippen molar-refractivity contribution in [3.8, 4) is 0 Å². The second kappa shape index (κ2) is 9.65. The summed E-state index contributed by atoms with van der Waals surface area (Å²) in [6.07, 6.45) is 1.99. The minimum absolute atomic E-state index is 0.209. The summed E-state index contributed by atoms with van der Waals surface area (Å²) in [7, 11) is 0. The van der Waals surface area contributed by atoms with Crippen molar-refractivity contribution in [3.63, 3.8) is 0 Å². The van der Waals surface area contributed by atoms with Crippen molar-refractivity contribution in [2.24, 2.45) is 0 Å². The molecule has 2 aromatic carbocycles. The molecule has 2 amide bonds. The second-order valence-corrected chi connectivity index (χ2v) is 7.38. The van der Waals surface area contributed by atoms with E-state index in [0.29, 0.717) is 0 Å². The van der Waals surface area contributed by atoms with Crippen LogP contribution in [0.3, 0.4) is 0 Å². The van der Waals surface area contributed by atoms with Gasteiger partial charge >= 0.3 is 5.97 Å². The Morgan fingerprint density at radius 2 is 1.77 bits per heavy atom. The first kappa shape index (κ1) is 21.7. The number of hydrogen-bond donors (Lipinski definition) is 3. The van der Waals surface area contributed by atoms with Gasteiger partial charge in [-0.05, 0) is 23.8 Å². The number of nitrogens with one attached hydrogen (secondary N) is 3. The third-order valence-corrected chi connectivity index (χ3v) is 4.96. The number of rotatable bonds is 7. The summed E-state index contributed by atoms with van der Waals surface area (Å²) in [6.45, 7) is 0.756. The van der Waals surface area contributed by atoms with E-state index in [2.05, 4.69) is 15.6 Å². The SMILES string of the molecule is CC(=O)N[C@@H](Cc1c[nH]c2ccccc12)C(=O)OCC(=O)Nc1c(Cl)cccc1Cl. The van der Waals surface area contributed by atoms with Gasteiger partial charge in [-0.15, -0.1) is 0 Å². The zero-order valence-electron chi connectivity index (χ0n) is 16.0. The van der Waals surface area contributed by atoms with Crippen LogP contribution in [0.15, 0.2) is 48.7 Å². The van der Waals surface area contributed by atoms with E-state index in [0.717, 1.165) is 16.5 Å². The molecule has 0 spiro atoms. The summed E-state index contributed by atoms with van der Waals surface area (Å²) in [5.41, 5.74) is 1.99. The number of hydrogen-bond acceptors (Lipinski definition) is 4. The first-order chi connectivity index (χ1) is 14.3. The van der Waals surface area contributed by atoms with Crippen LogP contribution in [0.1, 0.15) is 12.5 Å². The topological polar surface area (TPSA) is 100 Å². The summed E-state index contributed by atoms with van der Waals surface area (Å²) < 4.78 is 5.12. The predicted molar refractivity (Wildman–Crippen MR) is 116 cm³/mol. The number of para-hydroxylation sites is 2. The number of H-pyrrole nitrogens is 1. The molecule has 0 fully saturated rings. The van der Waals surface area contributed by atoms with Gasteiger partial charge in [-0.2, -0.15) is 0 Å². The molecule has 0 radical (unpaired) electrons. The van der Waals surface area contributed by atoms with E-state index >= 15 is 0 Å². The van der Waals surface area contributed by atoms with Gasteiger partial charge in [-0.3, -0.25) is 9.59 Å². The molecule has 3 aromatic rings. The number of ether oxygens (including phenoxy) is 1. The van der Waals surface area contributed by atoms with Gasteiger partial charge in [0.05, 0.1) is 15.7 Å². The molecule has 1 aromatic heterocycles. The fourth-order valence-corrected chi connectivity index (χ4v) is 3.48. The van der Waals surface area contributed by atoms with Crippen LogP contribution in [0.25, 0.3) is 10.9 Å². The lowest BCUT2D eigenvalue weighted by Gasteiger charge is -2.17. The Morgan fingerprint density at radius 1 is 1.07 bits per heavy atom. The quantitative estimate of drug-likeness (QED) is 0.480. The second-order valence-electron chi connectivity index (χ2n) is 6.57. The van der Waals surface area contributed by atoms with Gasteiger partial charge in [0.15, 0.2) is 6.61 Å². The van der Waals surface area contributed by atoms with E-state index in [-0.39, 0.29) is 28.1 Å². The van der Waals surface area contributed by atoms with E-state index in [1.54, 1.807) is 24.4 Å². The molecule has 0 aliphatic heterocycles. The van der Waals surface area contributed by atoms with Crippen molar-refractivity contribution >= 4 is 57.6 Å². The molecule has 7 nitrogen and oxygen atoms in total. The van der Waals surface area contributed by atoms with Crippen LogP contribution >= 0.6 is 23.2 Å². The normalized spacial score (nSPS) is 11.7. The van der Waals surface area contributed by atoms with Gasteiger partial charge in [-0.25, -0.2) is 4.79 Å². The van der Waals surface area contributed by atoms with Crippen LogP contribution in [0.5, 0.6) is 0 Å². The number of fused-ring (bicyclic) bond motifs is 1. The molecule has 9 heteroatoms. The number of carbonyl (C=O) groups excluding carboxylic acids is 3. The standard InChI is InChI=1S/C21H19Cl2N3O4/c1-12(27)25-18(9-13-10-24-17-8-3-2-5-14(13)17)21(29)30-11-19(28)26-20-15(22)6-4-7-16(20)23/h2-8,10,18,24H,9,11H2,1H3,(H,25,27)(H,26,28)/t18-/m0/s1. The summed E-state index contributed by atoms with van der Waals surface area (Å²) in [5, 5.41) is 6.54. The number of halogens is 2. The Hall–Kier alpha value is -3.03. The van der Waals surface area contributed by atoms with Crippen molar-refractivity contribution in [2.75, 3.05) is 11.9 Å². The highest BCUT2D eigenvalue weighted by molar-refractivity contribution is 6.39. The van der Waals surface area contributed by atoms with E-state index in [4.69, 9.17) is 27.9 Å². The highest BCUT2D eigenvalue weighted by Crippen LogP contribution is 2.29. The molecular formula is C21H19Cl2N3O4. The van der Waals surface area contributed by atoms with Gasteiger partial charge in [0.25, 0.3) is 5.91 Å². The van der Waals surface area contributed by atoms with Crippen molar-refractivity contribution in [1.29, 1.82) is 0 Å². The Kier molecular flexibility index (Phi) is 6.97. The van der Waals surface area contributed by atoms with Crippen molar-refractivity contribution in [2.45, 2.75) is 19.4 Å². The summed E-state index contributed by atoms with van der Waals surface area (Å²) >= 11 is 12.0.